The highest BCUT2D eigenvalue weighted by atomic mass is 16.4. The molecule has 0 spiro atoms. The lowest BCUT2D eigenvalue weighted by Gasteiger charge is -2.23. The largest absolute Gasteiger partial charge is 0.481 e. The van der Waals surface area contributed by atoms with Crippen LogP contribution in [0.4, 0.5) is 0 Å². The first-order valence-corrected chi connectivity index (χ1v) is 6.19. The Morgan fingerprint density at radius 3 is 2.41 bits per heavy atom. The summed E-state index contributed by atoms with van der Waals surface area (Å²) in [5.74, 6) is -0.273. The number of aliphatic carboxylic acids is 1. The van der Waals surface area contributed by atoms with E-state index in [9.17, 15) is 4.79 Å². The Balaban J connectivity index is 2.41. The zero-order valence-electron chi connectivity index (χ0n) is 10.9. The molecule has 0 aliphatic heterocycles. The lowest BCUT2D eigenvalue weighted by molar-refractivity contribution is -0.147. The fourth-order valence-electron chi connectivity index (χ4n) is 2.12. The van der Waals surface area contributed by atoms with E-state index in [0.29, 0.717) is 5.92 Å². The number of carboxylic acid groups (broad SMARTS) is 1. The number of aryl methyl sites for hydroxylation is 1. The SMILES string of the molecule is CC(CCc1ccccc1)CC(C)(C)C(=O)O. The maximum Gasteiger partial charge on any atom is 0.309 e. The molecule has 1 aromatic carbocycles. The van der Waals surface area contributed by atoms with Crippen molar-refractivity contribution in [3.8, 4) is 0 Å². The van der Waals surface area contributed by atoms with Crippen molar-refractivity contribution in [3.63, 3.8) is 0 Å². The van der Waals surface area contributed by atoms with Crippen molar-refractivity contribution in [2.24, 2.45) is 11.3 Å². The third-order valence-corrected chi connectivity index (χ3v) is 3.21. The lowest BCUT2D eigenvalue weighted by Crippen LogP contribution is -2.26. The fourth-order valence-corrected chi connectivity index (χ4v) is 2.12. The molecule has 2 heteroatoms. The van der Waals surface area contributed by atoms with Crippen molar-refractivity contribution in [2.45, 2.75) is 40.0 Å². The van der Waals surface area contributed by atoms with Crippen LogP contribution in [0.25, 0.3) is 0 Å². The summed E-state index contributed by atoms with van der Waals surface area (Å²) < 4.78 is 0. The van der Waals surface area contributed by atoms with E-state index in [4.69, 9.17) is 5.11 Å². The van der Waals surface area contributed by atoms with E-state index in [1.54, 1.807) is 13.8 Å². The van der Waals surface area contributed by atoms with Gasteiger partial charge in [-0.2, -0.15) is 0 Å². The van der Waals surface area contributed by atoms with Crippen LogP contribution in [0.15, 0.2) is 30.3 Å². The average molecular weight is 234 g/mol. The molecule has 0 radical (unpaired) electrons. The minimum absolute atomic E-state index is 0.432. The quantitative estimate of drug-likeness (QED) is 0.813. The number of hydrogen-bond donors (Lipinski definition) is 1. The minimum Gasteiger partial charge on any atom is -0.481 e. The molecule has 0 aliphatic carbocycles. The normalized spacial score (nSPS) is 13.4. The molecule has 0 bridgehead atoms. The second kappa shape index (κ2) is 5.85. The van der Waals surface area contributed by atoms with Crippen molar-refractivity contribution in [2.75, 3.05) is 0 Å². The summed E-state index contributed by atoms with van der Waals surface area (Å²) in [5, 5.41) is 9.08. The molecule has 1 aromatic rings. The molecule has 0 saturated heterocycles. The summed E-state index contributed by atoms with van der Waals surface area (Å²) in [6, 6.07) is 10.3. The molecule has 0 amide bonds. The lowest BCUT2D eigenvalue weighted by atomic mass is 9.81. The zero-order valence-corrected chi connectivity index (χ0v) is 10.9. The van der Waals surface area contributed by atoms with Gasteiger partial charge in [0, 0.05) is 0 Å². The summed E-state index contributed by atoms with van der Waals surface area (Å²) in [6.07, 6.45) is 2.80. The van der Waals surface area contributed by atoms with Gasteiger partial charge in [0.05, 0.1) is 5.41 Å². The Hall–Kier alpha value is -1.31. The van der Waals surface area contributed by atoms with Crippen LogP contribution in [0, 0.1) is 11.3 Å². The highest BCUT2D eigenvalue weighted by Crippen LogP contribution is 2.27. The average Bonchev–Trinajstić information content (AvgIpc) is 2.27. The van der Waals surface area contributed by atoms with E-state index >= 15 is 0 Å². The molecule has 1 rings (SSSR count). The number of carbonyl (C=O) groups is 1. The van der Waals surface area contributed by atoms with Crippen LogP contribution >= 0.6 is 0 Å². The summed E-state index contributed by atoms with van der Waals surface area (Å²) in [7, 11) is 0. The Labute approximate surface area is 104 Å². The van der Waals surface area contributed by atoms with Crippen molar-refractivity contribution >= 4 is 5.97 Å². The maximum absolute atomic E-state index is 11.0. The van der Waals surface area contributed by atoms with Gasteiger partial charge in [0.2, 0.25) is 0 Å². The van der Waals surface area contributed by atoms with E-state index in [1.807, 2.05) is 18.2 Å². The van der Waals surface area contributed by atoms with Gasteiger partial charge in [0.25, 0.3) is 0 Å². The number of hydrogen-bond acceptors (Lipinski definition) is 1. The fraction of sp³-hybridized carbons (Fsp3) is 0.533. The van der Waals surface area contributed by atoms with Crippen molar-refractivity contribution in [1.29, 1.82) is 0 Å². The maximum atomic E-state index is 11.0. The predicted octanol–water partition coefficient (Wildman–Crippen LogP) is 3.76. The third kappa shape index (κ3) is 4.59. The number of carboxylic acids is 1. The van der Waals surface area contributed by atoms with Gasteiger partial charge in [-0.3, -0.25) is 4.79 Å². The highest BCUT2D eigenvalue weighted by Gasteiger charge is 2.28. The molecular formula is C15H22O2. The van der Waals surface area contributed by atoms with Gasteiger partial charge in [-0.1, -0.05) is 37.3 Å². The Kier molecular flexibility index (Phi) is 4.73. The molecule has 1 unspecified atom stereocenters. The van der Waals surface area contributed by atoms with Crippen molar-refractivity contribution in [3.05, 3.63) is 35.9 Å². The van der Waals surface area contributed by atoms with Gasteiger partial charge >= 0.3 is 5.97 Å². The summed E-state index contributed by atoms with van der Waals surface area (Å²) in [6.45, 7) is 5.73. The van der Waals surface area contributed by atoms with Crippen LogP contribution in [0.3, 0.4) is 0 Å². The standard InChI is InChI=1S/C15H22O2/c1-12(11-15(2,3)14(16)17)9-10-13-7-5-4-6-8-13/h4-8,12H,9-11H2,1-3H3,(H,16,17). The molecular weight excluding hydrogens is 212 g/mol. The molecule has 17 heavy (non-hydrogen) atoms. The van der Waals surface area contributed by atoms with Gasteiger partial charge in [0.1, 0.15) is 0 Å². The second-order valence-electron chi connectivity index (χ2n) is 5.52. The van der Waals surface area contributed by atoms with Gasteiger partial charge in [-0.05, 0) is 44.6 Å². The van der Waals surface area contributed by atoms with Crippen LogP contribution in [0.2, 0.25) is 0 Å². The minimum atomic E-state index is -0.705. The topological polar surface area (TPSA) is 37.3 Å². The van der Waals surface area contributed by atoms with Crippen LogP contribution in [0.5, 0.6) is 0 Å². The van der Waals surface area contributed by atoms with Crippen molar-refractivity contribution in [1.82, 2.24) is 0 Å². The highest BCUT2D eigenvalue weighted by molar-refractivity contribution is 5.73. The van der Waals surface area contributed by atoms with Crippen LogP contribution in [-0.2, 0) is 11.2 Å². The molecule has 0 aliphatic rings. The van der Waals surface area contributed by atoms with Gasteiger partial charge < -0.3 is 5.11 Å². The molecule has 0 fully saturated rings. The van der Waals surface area contributed by atoms with E-state index in [0.717, 1.165) is 19.3 Å². The summed E-state index contributed by atoms with van der Waals surface area (Å²) in [4.78, 5) is 11.0. The van der Waals surface area contributed by atoms with Gasteiger partial charge in [-0.15, -0.1) is 0 Å². The first kappa shape index (κ1) is 13.8. The molecule has 2 nitrogen and oxygen atoms in total. The van der Waals surface area contributed by atoms with Crippen LogP contribution in [-0.4, -0.2) is 11.1 Å². The van der Waals surface area contributed by atoms with Crippen molar-refractivity contribution < 1.29 is 9.90 Å². The number of rotatable bonds is 6. The van der Waals surface area contributed by atoms with E-state index in [-0.39, 0.29) is 0 Å². The third-order valence-electron chi connectivity index (χ3n) is 3.21. The molecule has 1 N–H and O–H groups in total. The first-order chi connectivity index (χ1) is 7.92. The predicted molar refractivity (Wildman–Crippen MR) is 70.0 cm³/mol. The van der Waals surface area contributed by atoms with Gasteiger partial charge in [-0.25, -0.2) is 0 Å². The number of benzene rings is 1. The van der Waals surface area contributed by atoms with E-state index in [1.165, 1.54) is 5.56 Å². The first-order valence-electron chi connectivity index (χ1n) is 6.19. The molecule has 94 valence electrons. The second-order valence-corrected chi connectivity index (χ2v) is 5.52. The van der Waals surface area contributed by atoms with E-state index in [2.05, 4.69) is 19.1 Å². The Bertz CT molecular complexity index is 354. The van der Waals surface area contributed by atoms with Crippen LogP contribution < -0.4 is 0 Å². The van der Waals surface area contributed by atoms with E-state index < -0.39 is 11.4 Å². The van der Waals surface area contributed by atoms with Crippen LogP contribution in [0.1, 0.15) is 39.2 Å². The monoisotopic (exact) mass is 234 g/mol. The summed E-state index contributed by atoms with van der Waals surface area (Å²) >= 11 is 0. The van der Waals surface area contributed by atoms with Gasteiger partial charge in [0.15, 0.2) is 0 Å². The summed E-state index contributed by atoms with van der Waals surface area (Å²) in [5.41, 5.74) is 0.711. The molecule has 0 aromatic heterocycles. The Morgan fingerprint density at radius 2 is 1.88 bits per heavy atom. The molecule has 0 heterocycles. The smallest absolute Gasteiger partial charge is 0.309 e. The Morgan fingerprint density at radius 1 is 1.29 bits per heavy atom. The molecule has 0 saturated carbocycles. The zero-order chi connectivity index (χ0) is 12.9. The molecule has 1 atom stereocenters.